The van der Waals surface area contributed by atoms with Crippen LogP contribution in [0.25, 0.3) is 0 Å². The van der Waals surface area contributed by atoms with Crippen molar-refractivity contribution in [1.29, 1.82) is 0 Å². The molecule has 5 heteroatoms. The number of nitrogens with zero attached hydrogens (tertiary/aromatic N) is 3. The van der Waals surface area contributed by atoms with Gasteiger partial charge in [0.05, 0.1) is 12.2 Å². The summed E-state index contributed by atoms with van der Waals surface area (Å²) in [4.78, 5) is 12.6. The minimum atomic E-state index is -0.800. The number of carboxylic acid groups (broad SMARTS) is 1. The molecule has 0 bridgehead atoms. The van der Waals surface area contributed by atoms with Crippen LogP contribution in [0.5, 0.6) is 0 Å². The topological polar surface area (TPSA) is 58.4 Å². The zero-order valence-electron chi connectivity index (χ0n) is 9.34. The molecule has 0 fully saturated rings. The first kappa shape index (κ1) is 11.7. The molecule has 15 heavy (non-hydrogen) atoms. The minimum absolute atomic E-state index is 0.0584. The second-order valence-electron chi connectivity index (χ2n) is 3.84. The molecule has 1 N–H and O–H groups in total. The third-order valence-electron chi connectivity index (χ3n) is 2.36. The molecule has 0 saturated carbocycles. The van der Waals surface area contributed by atoms with Crippen LogP contribution in [-0.4, -0.2) is 38.3 Å². The Morgan fingerprint density at radius 2 is 2.33 bits per heavy atom. The molecule has 1 aromatic rings. The summed E-state index contributed by atoms with van der Waals surface area (Å²) in [6.07, 6.45) is 1.72. The van der Waals surface area contributed by atoms with Crippen LogP contribution in [0.15, 0.2) is 12.3 Å². The Labute approximate surface area is 89.3 Å². The van der Waals surface area contributed by atoms with Gasteiger partial charge in [0.1, 0.15) is 0 Å². The van der Waals surface area contributed by atoms with E-state index in [4.69, 9.17) is 5.11 Å². The van der Waals surface area contributed by atoms with Crippen molar-refractivity contribution in [3.63, 3.8) is 0 Å². The summed E-state index contributed by atoms with van der Waals surface area (Å²) < 4.78 is 1.76. The van der Waals surface area contributed by atoms with Gasteiger partial charge >= 0.3 is 5.97 Å². The molecule has 0 atom stereocenters. The number of carbonyl (C=O) groups is 1. The van der Waals surface area contributed by atoms with E-state index in [2.05, 4.69) is 5.10 Å². The molecule has 0 unspecified atom stereocenters. The number of aliphatic carboxylic acids is 1. The predicted molar refractivity (Wildman–Crippen MR) is 56.4 cm³/mol. The Balaban J connectivity index is 2.67. The van der Waals surface area contributed by atoms with Gasteiger partial charge in [-0.25, -0.2) is 0 Å². The standard InChI is InChI=1S/C10H17N3O2/c1-8(2)13(7-10(14)15)6-9-4-5-11-12(9)3/h4-5,8H,6-7H2,1-3H3,(H,14,15). The number of rotatable bonds is 5. The summed E-state index contributed by atoms with van der Waals surface area (Å²) in [6, 6.07) is 2.10. The summed E-state index contributed by atoms with van der Waals surface area (Å²) in [5.74, 6) is -0.800. The second kappa shape index (κ2) is 4.93. The molecular weight excluding hydrogens is 194 g/mol. The largest absolute Gasteiger partial charge is 0.480 e. The summed E-state index contributed by atoms with van der Waals surface area (Å²) in [7, 11) is 1.86. The molecule has 0 aromatic carbocycles. The molecule has 1 heterocycles. The van der Waals surface area contributed by atoms with E-state index in [9.17, 15) is 4.79 Å². The van der Waals surface area contributed by atoms with E-state index in [0.717, 1.165) is 5.69 Å². The van der Waals surface area contributed by atoms with Gasteiger partial charge in [0, 0.05) is 25.8 Å². The van der Waals surface area contributed by atoms with Crippen LogP contribution in [0.1, 0.15) is 19.5 Å². The number of aryl methyl sites for hydroxylation is 1. The molecule has 5 nitrogen and oxygen atoms in total. The second-order valence-corrected chi connectivity index (χ2v) is 3.84. The molecule has 0 amide bonds. The van der Waals surface area contributed by atoms with Crippen molar-refractivity contribution in [1.82, 2.24) is 14.7 Å². The lowest BCUT2D eigenvalue weighted by atomic mass is 10.3. The highest BCUT2D eigenvalue weighted by Crippen LogP contribution is 2.06. The summed E-state index contributed by atoms with van der Waals surface area (Å²) in [5, 5.41) is 12.8. The zero-order chi connectivity index (χ0) is 11.4. The van der Waals surface area contributed by atoms with Crippen molar-refractivity contribution in [3.05, 3.63) is 18.0 Å². The van der Waals surface area contributed by atoms with Gasteiger partial charge in [-0.15, -0.1) is 0 Å². The average Bonchev–Trinajstić information content (AvgIpc) is 2.50. The summed E-state index contributed by atoms with van der Waals surface area (Å²) in [5.41, 5.74) is 1.02. The zero-order valence-corrected chi connectivity index (χ0v) is 9.34. The number of aromatic nitrogens is 2. The number of carboxylic acids is 1. The SMILES string of the molecule is CC(C)N(CC(=O)O)Cc1ccnn1C. The van der Waals surface area contributed by atoms with Crippen LogP contribution in [-0.2, 0) is 18.4 Å². The van der Waals surface area contributed by atoms with Crippen molar-refractivity contribution in [2.75, 3.05) is 6.54 Å². The van der Waals surface area contributed by atoms with Gasteiger partial charge in [0.25, 0.3) is 0 Å². The molecule has 0 aliphatic heterocycles. The molecule has 0 saturated heterocycles. The number of hydrogen-bond acceptors (Lipinski definition) is 3. The monoisotopic (exact) mass is 211 g/mol. The highest BCUT2D eigenvalue weighted by Gasteiger charge is 2.14. The van der Waals surface area contributed by atoms with Crippen molar-refractivity contribution < 1.29 is 9.90 Å². The normalized spacial score (nSPS) is 11.3. The van der Waals surface area contributed by atoms with Crippen LogP contribution in [0, 0.1) is 0 Å². The fraction of sp³-hybridized carbons (Fsp3) is 0.600. The Kier molecular flexibility index (Phi) is 3.85. The molecule has 84 valence electrons. The van der Waals surface area contributed by atoms with Crippen molar-refractivity contribution in [3.8, 4) is 0 Å². The lowest BCUT2D eigenvalue weighted by Gasteiger charge is -2.24. The maximum atomic E-state index is 10.7. The molecule has 0 aliphatic carbocycles. The highest BCUT2D eigenvalue weighted by molar-refractivity contribution is 5.69. The van der Waals surface area contributed by atoms with Crippen LogP contribution < -0.4 is 0 Å². The predicted octanol–water partition coefficient (Wildman–Crippen LogP) is 0.715. The van der Waals surface area contributed by atoms with Gasteiger partial charge in [-0.3, -0.25) is 14.4 Å². The summed E-state index contributed by atoms with van der Waals surface area (Å²) in [6.45, 7) is 4.64. The molecular formula is C10H17N3O2. The smallest absolute Gasteiger partial charge is 0.317 e. The Morgan fingerprint density at radius 3 is 2.73 bits per heavy atom. The van der Waals surface area contributed by atoms with Crippen LogP contribution in [0.2, 0.25) is 0 Å². The molecule has 0 radical (unpaired) electrons. The maximum absolute atomic E-state index is 10.7. The van der Waals surface area contributed by atoms with Crippen molar-refractivity contribution in [2.45, 2.75) is 26.4 Å². The fourth-order valence-electron chi connectivity index (χ4n) is 1.36. The first-order valence-electron chi connectivity index (χ1n) is 4.93. The maximum Gasteiger partial charge on any atom is 0.317 e. The van der Waals surface area contributed by atoms with Gasteiger partial charge in [-0.05, 0) is 19.9 Å². The Morgan fingerprint density at radius 1 is 1.67 bits per heavy atom. The van der Waals surface area contributed by atoms with Gasteiger partial charge in [-0.2, -0.15) is 5.10 Å². The molecule has 0 spiro atoms. The van der Waals surface area contributed by atoms with Crippen molar-refractivity contribution in [2.24, 2.45) is 7.05 Å². The van der Waals surface area contributed by atoms with Crippen molar-refractivity contribution >= 4 is 5.97 Å². The van der Waals surface area contributed by atoms with E-state index >= 15 is 0 Å². The minimum Gasteiger partial charge on any atom is -0.480 e. The highest BCUT2D eigenvalue weighted by atomic mass is 16.4. The quantitative estimate of drug-likeness (QED) is 0.779. The lowest BCUT2D eigenvalue weighted by Crippen LogP contribution is -2.35. The van der Waals surface area contributed by atoms with Crippen LogP contribution >= 0.6 is 0 Å². The van der Waals surface area contributed by atoms with Crippen LogP contribution in [0.4, 0.5) is 0 Å². The first-order valence-corrected chi connectivity index (χ1v) is 4.93. The van der Waals surface area contributed by atoms with E-state index in [1.165, 1.54) is 0 Å². The first-order chi connectivity index (χ1) is 7.00. The van der Waals surface area contributed by atoms with E-state index < -0.39 is 5.97 Å². The van der Waals surface area contributed by atoms with Gasteiger partial charge in [0.15, 0.2) is 0 Å². The fourth-order valence-corrected chi connectivity index (χ4v) is 1.36. The van der Waals surface area contributed by atoms with E-state index in [-0.39, 0.29) is 12.6 Å². The summed E-state index contributed by atoms with van der Waals surface area (Å²) >= 11 is 0. The van der Waals surface area contributed by atoms with E-state index in [1.807, 2.05) is 31.9 Å². The average molecular weight is 211 g/mol. The third-order valence-corrected chi connectivity index (χ3v) is 2.36. The molecule has 1 aromatic heterocycles. The molecule has 0 aliphatic rings. The van der Waals surface area contributed by atoms with Gasteiger partial charge in [0.2, 0.25) is 0 Å². The van der Waals surface area contributed by atoms with Gasteiger partial charge < -0.3 is 5.11 Å². The van der Waals surface area contributed by atoms with E-state index in [1.54, 1.807) is 10.9 Å². The lowest BCUT2D eigenvalue weighted by molar-refractivity contribution is -0.139. The molecule has 1 rings (SSSR count). The van der Waals surface area contributed by atoms with E-state index in [0.29, 0.717) is 6.54 Å². The van der Waals surface area contributed by atoms with Gasteiger partial charge in [-0.1, -0.05) is 0 Å². The Bertz CT molecular complexity index is 333. The number of hydrogen-bond donors (Lipinski definition) is 1. The van der Waals surface area contributed by atoms with Crippen LogP contribution in [0.3, 0.4) is 0 Å². The third kappa shape index (κ3) is 3.36. The Hall–Kier alpha value is -1.36.